The Morgan fingerprint density at radius 3 is 2.68 bits per heavy atom. The van der Waals surface area contributed by atoms with Gasteiger partial charge >= 0.3 is 0 Å². The van der Waals surface area contributed by atoms with Gasteiger partial charge in [0.2, 0.25) is 5.91 Å². The van der Waals surface area contributed by atoms with E-state index in [4.69, 9.17) is 0 Å². The maximum atomic E-state index is 13.1. The van der Waals surface area contributed by atoms with Gasteiger partial charge in [0.05, 0.1) is 12.5 Å². The van der Waals surface area contributed by atoms with Gasteiger partial charge in [-0.25, -0.2) is 4.98 Å². The molecule has 0 radical (unpaired) electrons. The molecule has 1 amide bonds. The van der Waals surface area contributed by atoms with Gasteiger partial charge < -0.3 is 9.47 Å². The second-order valence-corrected chi connectivity index (χ2v) is 8.48. The van der Waals surface area contributed by atoms with E-state index in [2.05, 4.69) is 53.1 Å². The van der Waals surface area contributed by atoms with Crippen LogP contribution in [0.1, 0.15) is 39.9 Å². The fraction of sp³-hybridized carbons (Fsp3) is 0.700. The molecule has 1 saturated heterocycles. The number of carbonyl (C=O) groups excluding carboxylic acids is 1. The molecule has 5 nitrogen and oxygen atoms in total. The van der Waals surface area contributed by atoms with Gasteiger partial charge in [-0.2, -0.15) is 0 Å². The first-order chi connectivity index (χ1) is 11.8. The molecule has 25 heavy (non-hydrogen) atoms. The lowest BCUT2D eigenvalue weighted by molar-refractivity contribution is -0.133. The van der Waals surface area contributed by atoms with Crippen molar-refractivity contribution in [3.05, 3.63) is 29.9 Å². The zero-order chi connectivity index (χ0) is 18.2. The van der Waals surface area contributed by atoms with Crippen LogP contribution in [0.5, 0.6) is 0 Å². The molecule has 1 aromatic rings. The number of carbonyl (C=O) groups is 1. The highest BCUT2D eigenvalue weighted by atomic mass is 16.2. The Morgan fingerprint density at radius 1 is 1.28 bits per heavy atom. The fourth-order valence-electron chi connectivity index (χ4n) is 4.11. The van der Waals surface area contributed by atoms with Crippen LogP contribution in [-0.4, -0.2) is 51.4 Å². The number of rotatable bonds is 4. The molecule has 1 aliphatic heterocycles. The second-order valence-electron chi connectivity index (χ2n) is 8.48. The molecule has 1 saturated carbocycles. The monoisotopic (exact) mass is 344 g/mol. The lowest BCUT2D eigenvalue weighted by Gasteiger charge is -2.22. The number of amides is 1. The number of aryl methyl sites for hydroxylation is 1. The molecule has 2 atom stereocenters. The topological polar surface area (TPSA) is 41.4 Å². The summed E-state index contributed by atoms with van der Waals surface area (Å²) in [6, 6.07) is 0. The Hall–Kier alpha value is -1.62. The van der Waals surface area contributed by atoms with E-state index >= 15 is 0 Å². The van der Waals surface area contributed by atoms with Crippen molar-refractivity contribution >= 4 is 5.91 Å². The predicted octanol–water partition coefficient (Wildman–Crippen LogP) is 2.69. The summed E-state index contributed by atoms with van der Waals surface area (Å²) in [5.74, 6) is 2.00. The van der Waals surface area contributed by atoms with E-state index in [1.807, 2.05) is 19.4 Å². The van der Waals surface area contributed by atoms with Gasteiger partial charge in [-0.1, -0.05) is 25.5 Å². The minimum absolute atomic E-state index is 0.104. The molecule has 0 bridgehead atoms. The molecule has 2 aliphatic rings. The summed E-state index contributed by atoms with van der Waals surface area (Å²) in [5.41, 5.74) is 1.42. The van der Waals surface area contributed by atoms with E-state index in [1.54, 1.807) is 0 Å². The zero-order valence-corrected chi connectivity index (χ0v) is 16.3. The van der Waals surface area contributed by atoms with E-state index in [0.29, 0.717) is 11.8 Å². The normalized spacial score (nSPS) is 26.2. The Morgan fingerprint density at radius 2 is 2.04 bits per heavy atom. The van der Waals surface area contributed by atoms with Crippen molar-refractivity contribution in [2.24, 2.45) is 24.3 Å². The standard InChI is InChI=1S/C20H32N4O/c1-15(2)13-16-18(20(16,3)4)19(25)24-9-6-8-23(11-12-24)14-17-21-7-10-22(17)5/h7,10,13,16,18H,6,8-9,11-12,14H2,1-5H3/t16-,18-/m1/s1. The summed E-state index contributed by atoms with van der Waals surface area (Å²) in [7, 11) is 2.04. The average molecular weight is 345 g/mol. The van der Waals surface area contributed by atoms with Crippen molar-refractivity contribution < 1.29 is 4.79 Å². The van der Waals surface area contributed by atoms with Crippen molar-refractivity contribution in [1.82, 2.24) is 19.4 Å². The number of aromatic nitrogens is 2. The first kappa shape index (κ1) is 18.2. The van der Waals surface area contributed by atoms with Crippen molar-refractivity contribution in [2.75, 3.05) is 26.2 Å². The Bertz CT molecular complexity index is 656. The molecule has 1 aromatic heterocycles. The third-order valence-electron chi connectivity index (χ3n) is 5.88. The average Bonchev–Trinajstić information content (AvgIpc) is 2.96. The Balaban J connectivity index is 1.59. The lowest BCUT2D eigenvalue weighted by atomic mass is 10.1. The third-order valence-corrected chi connectivity index (χ3v) is 5.88. The second kappa shape index (κ2) is 6.94. The van der Waals surface area contributed by atoms with Crippen molar-refractivity contribution in [2.45, 2.75) is 40.7 Å². The maximum Gasteiger partial charge on any atom is 0.226 e. The van der Waals surface area contributed by atoms with Crippen LogP contribution >= 0.6 is 0 Å². The molecule has 1 aliphatic carbocycles. The van der Waals surface area contributed by atoms with Gasteiger partial charge in [-0.3, -0.25) is 9.69 Å². The van der Waals surface area contributed by atoms with Gasteiger partial charge in [0.25, 0.3) is 0 Å². The summed E-state index contributed by atoms with van der Waals surface area (Å²) < 4.78 is 2.07. The molecule has 5 heteroatoms. The van der Waals surface area contributed by atoms with E-state index < -0.39 is 0 Å². The molecule has 2 fully saturated rings. The Kier molecular flexibility index (Phi) is 5.05. The van der Waals surface area contributed by atoms with Crippen LogP contribution in [0.25, 0.3) is 0 Å². The van der Waals surface area contributed by atoms with E-state index in [0.717, 1.165) is 45.0 Å². The number of imidazole rings is 1. The smallest absolute Gasteiger partial charge is 0.226 e. The van der Waals surface area contributed by atoms with Crippen LogP contribution in [0.3, 0.4) is 0 Å². The number of hydrogen-bond donors (Lipinski definition) is 0. The zero-order valence-electron chi connectivity index (χ0n) is 16.3. The summed E-state index contributed by atoms with van der Waals surface area (Å²) in [6.45, 7) is 13.2. The summed E-state index contributed by atoms with van der Waals surface area (Å²) >= 11 is 0. The van der Waals surface area contributed by atoms with Crippen LogP contribution < -0.4 is 0 Å². The minimum Gasteiger partial charge on any atom is -0.341 e. The van der Waals surface area contributed by atoms with Crippen molar-refractivity contribution in [1.29, 1.82) is 0 Å². The van der Waals surface area contributed by atoms with Crippen molar-refractivity contribution in [3.63, 3.8) is 0 Å². The molecule has 2 heterocycles. The molecule has 0 unspecified atom stereocenters. The fourth-order valence-corrected chi connectivity index (χ4v) is 4.11. The molecule has 0 aromatic carbocycles. The summed E-state index contributed by atoms with van der Waals surface area (Å²) in [4.78, 5) is 22.0. The molecule has 0 spiro atoms. The highest BCUT2D eigenvalue weighted by Gasteiger charge is 2.61. The third kappa shape index (κ3) is 3.81. The van der Waals surface area contributed by atoms with E-state index in [-0.39, 0.29) is 11.3 Å². The first-order valence-corrected chi connectivity index (χ1v) is 9.43. The lowest BCUT2D eigenvalue weighted by Crippen LogP contribution is -2.37. The largest absolute Gasteiger partial charge is 0.341 e. The van der Waals surface area contributed by atoms with Crippen LogP contribution in [0.15, 0.2) is 24.0 Å². The maximum absolute atomic E-state index is 13.1. The van der Waals surface area contributed by atoms with Gasteiger partial charge in [0, 0.05) is 45.6 Å². The molecule has 138 valence electrons. The molecule has 0 N–H and O–H groups in total. The van der Waals surface area contributed by atoms with Crippen LogP contribution in [0, 0.1) is 17.3 Å². The molecular weight excluding hydrogens is 312 g/mol. The highest BCUT2D eigenvalue weighted by Crippen LogP contribution is 2.60. The quantitative estimate of drug-likeness (QED) is 0.789. The van der Waals surface area contributed by atoms with Crippen molar-refractivity contribution in [3.8, 4) is 0 Å². The van der Waals surface area contributed by atoms with Gasteiger partial charge in [0.1, 0.15) is 5.82 Å². The number of hydrogen-bond acceptors (Lipinski definition) is 3. The predicted molar refractivity (Wildman–Crippen MR) is 99.9 cm³/mol. The first-order valence-electron chi connectivity index (χ1n) is 9.43. The number of nitrogens with zero attached hydrogens (tertiary/aromatic N) is 4. The van der Waals surface area contributed by atoms with Gasteiger partial charge in [-0.15, -0.1) is 0 Å². The summed E-state index contributed by atoms with van der Waals surface area (Å²) in [5, 5.41) is 0. The minimum atomic E-state index is 0.104. The van der Waals surface area contributed by atoms with E-state index in [1.165, 1.54) is 5.57 Å². The van der Waals surface area contributed by atoms with Crippen LogP contribution in [0.2, 0.25) is 0 Å². The van der Waals surface area contributed by atoms with Gasteiger partial charge in [-0.05, 0) is 31.6 Å². The molecule has 3 rings (SSSR count). The van der Waals surface area contributed by atoms with E-state index in [9.17, 15) is 4.79 Å². The SMILES string of the molecule is CC(C)=C[C@@H]1[C@H](C(=O)N2CCCN(Cc3nccn3C)CC2)C1(C)C. The molecular formula is C20H32N4O. The summed E-state index contributed by atoms with van der Waals surface area (Å²) in [6.07, 6.45) is 7.16. The highest BCUT2D eigenvalue weighted by molar-refractivity contribution is 5.83. The van der Waals surface area contributed by atoms with Crippen LogP contribution in [0.4, 0.5) is 0 Å². The number of allylic oxidation sites excluding steroid dienone is 2. The van der Waals surface area contributed by atoms with Gasteiger partial charge in [0.15, 0.2) is 0 Å². The Labute approximate surface area is 151 Å². The van der Waals surface area contributed by atoms with Crippen LogP contribution in [-0.2, 0) is 18.4 Å².